The van der Waals surface area contributed by atoms with Crippen molar-refractivity contribution < 1.29 is 13.9 Å². The molecule has 1 N–H and O–H groups in total. The number of fused-ring (bicyclic) bond motifs is 2. The van der Waals surface area contributed by atoms with Gasteiger partial charge >= 0.3 is 5.91 Å². The SMILES string of the molecule is CCOc1ccc2oc(C(=O)N/N=C/c3cn(Cc4ccc(Cl)cc4Cl)c4ccccc34)cc2c1. The van der Waals surface area contributed by atoms with E-state index in [1.807, 2.05) is 61.7 Å². The van der Waals surface area contributed by atoms with E-state index in [1.54, 1.807) is 24.4 Å². The number of furan rings is 1. The predicted molar refractivity (Wildman–Crippen MR) is 140 cm³/mol. The largest absolute Gasteiger partial charge is 0.494 e. The Morgan fingerprint density at radius 1 is 1.11 bits per heavy atom. The fraction of sp³-hybridized carbons (Fsp3) is 0.111. The molecule has 5 aromatic rings. The van der Waals surface area contributed by atoms with Crippen LogP contribution < -0.4 is 10.2 Å². The number of ether oxygens (including phenoxy) is 1. The summed E-state index contributed by atoms with van der Waals surface area (Å²) in [6, 6.07) is 20.5. The minimum absolute atomic E-state index is 0.172. The molecule has 1 amide bonds. The second-order valence-corrected chi connectivity index (χ2v) is 8.75. The van der Waals surface area contributed by atoms with E-state index >= 15 is 0 Å². The lowest BCUT2D eigenvalue weighted by atomic mass is 10.2. The Kier molecular flexibility index (Phi) is 6.49. The lowest BCUT2D eigenvalue weighted by molar-refractivity contribution is 0.0929. The summed E-state index contributed by atoms with van der Waals surface area (Å²) in [6.45, 7) is 3.05. The van der Waals surface area contributed by atoms with Crippen molar-refractivity contribution in [1.29, 1.82) is 0 Å². The summed E-state index contributed by atoms with van der Waals surface area (Å²) in [5.74, 6) is 0.458. The first-order chi connectivity index (χ1) is 17.0. The Morgan fingerprint density at radius 3 is 2.80 bits per heavy atom. The number of hydrogen-bond donors (Lipinski definition) is 1. The number of para-hydroxylation sites is 1. The van der Waals surface area contributed by atoms with Gasteiger partial charge in [-0.25, -0.2) is 5.43 Å². The smallest absolute Gasteiger partial charge is 0.307 e. The summed E-state index contributed by atoms with van der Waals surface area (Å²) in [5, 5.41) is 7.16. The molecule has 6 nitrogen and oxygen atoms in total. The zero-order valence-electron chi connectivity index (χ0n) is 18.8. The van der Waals surface area contributed by atoms with E-state index in [0.717, 1.165) is 33.2 Å². The highest BCUT2D eigenvalue weighted by Crippen LogP contribution is 2.26. The van der Waals surface area contributed by atoms with Crippen molar-refractivity contribution in [3.63, 3.8) is 0 Å². The molecule has 35 heavy (non-hydrogen) atoms. The number of hydrogen-bond acceptors (Lipinski definition) is 4. The zero-order chi connectivity index (χ0) is 24.4. The molecule has 8 heteroatoms. The molecule has 2 heterocycles. The number of carbonyl (C=O) groups excluding carboxylic acids is 1. The first-order valence-electron chi connectivity index (χ1n) is 11.0. The molecular formula is C27H21Cl2N3O3. The van der Waals surface area contributed by atoms with Crippen LogP contribution in [0, 0.1) is 0 Å². The van der Waals surface area contributed by atoms with Crippen LogP contribution in [0.25, 0.3) is 21.9 Å². The fourth-order valence-corrected chi connectivity index (χ4v) is 4.42. The number of rotatable bonds is 7. The maximum absolute atomic E-state index is 12.6. The van der Waals surface area contributed by atoms with Crippen molar-refractivity contribution in [3.05, 3.63) is 99.9 Å². The quantitative estimate of drug-likeness (QED) is 0.193. The van der Waals surface area contributed by atoms with Gasteiger partial charge in [-0.2, -0.15) is 5.10 Å². The molecule has 176 valence electrons. The lowest BCUT2D eigenvalue weighted by Gasteiger charge is -2.08. The first-order valence-corrected chi connectivity index (χ1v) is 11.8. The molecule has 0 aliphatic carbocycles. The normalized spacial score (nSPS) is 11.5. The monoisotopic (exact) mass is 505 g/mol. The van der Waals surface area contributed by atoms with Crippen molar-refractivity contribution in [2.24, 2.45) is 5.10 Å². The van der Waals surface area contributed by atoms with Crippen LogP contribution in [-0.2, 0) is 6.54 Å². The first kappa shape index (κ1) is 23.0. The van der Waals surface area contributed by atoms with E-state index in [2.05, 4.69) is 15.1 Å². The molecule has 0 aliphatic heterocycles. The third-order valence-electron chi connectivity index (χ3n) is 5.57. The van der Waals surface area contributed by atoms with E-state index in [4.69, 9.17) is 32.4 Å². The zero-order valence-corrected chi connectivity index (χ0v) is 20.3. The number of aromatic nitrogens is 1. The molecule has 0 atom stereocenters. The van der Waals surface area contributed by atoms with E-state index in [1.165, 1.54) is 0 Å². The van der Waals surface area contributed by atoms with Gasteiger partial charge < -0.3 is 13.7 Å². The summed E-state index contributed by atoms with van der Waals surface area (Å²) >= 11 is 12.4. The topological polar surface area (TPSA) is 68.8 Å². The molecule has 5 rings (SSSR count). The van der Waals surface area contributed by atoms with Crippen LogP contribution in [0.4, 0.5) is 0 Å². The van der Waals surface area contributed by atoms with Crippen LogP contribution in [0.2, 0.25) is 10.0 Å². The Hall–Kier alpha value is -3.74. The van der Waals surface area contributed by atoms with Gasteiger partial charge in [0.05, 0.1) is 12.8 Å². The highest BCUT2D eigenvalue weighted by Gasteiger charge is 2.13. The van der Waals surface area contributed by atoms with Gasteiger partial charge in [-0.15, -0.1) is 0 Å². The third-order valence-corrected chi connectivity index (χ3v) is 6.15. The Morgan fingerprint density at radius 2 is 1.97 bits per heavy atom. The summed E-state index contributed by atoms with van der Waals surface area (Å²) in [4.78, 5) is 12.6. The van der Waals surface area contributed by atoms with Crippen LogP contribution in [0.1, 0.15) is 28.6 Å². The molecule has 0 bridgehead atoms. The van der Waals surface area contributed by atoms with Crippen LogP contribution >= 0.6 is 23.2 Å². The minimum Gasteiger partial charge on any atom is -0.494 e. The van der Waals surface area contributed by atoms with Gasteiger partial charge in [-0.1, -0.05) is 47.5 Å². The second-order valence-electron chi connectivity index (χ2n) is 7.91. The van der Waals surface area contributed by atoms with Gasteiger partial charge in [0, 0.05) is 44.6 Å². The summed E-state index contributed by atoms with van der Waals surface area (Å²) < 4.78 is 13.2. The van der Waals surface area contributed by atoms with Crippen LogP contribution in [0.3, 0.4) is 0 Å². The average molecular weight is 506 g/mol. The Balaban J connectivity index is 1.35. The van der Waals surface area contributed by atoms with Crippen LogP contribution in [-0.4, -0.2) is 23.3 Å². The van der Waals surface area contributed by atoms with Gasteiger partial charge in [0.2, 0.25) is 0 Å². The Labute approximate surface area is 211 Å². The standard InChI is InChI=1S/C27H21Cl2N3O3/c1-2-34-21-9-10-25-18(11-21)12-26(35-25)27(33)31-30-14-19-16-32(24-6-4-3-5-22(19)24)15-17-7-8-20(28)13-23(17)29/h3-14,16H,2,15H2,1H3,(H,31,33)/b30-14+. The van der Waals surface area contributed by atoms with Gasteiger partial charge in [-0.3, -0.25) is 4.79 Å². The summed E-state index contributed by atoms with van der Waals surface area (Å²) in [6.07, 6.45) is 3.59. The molecule has 2 aromatic heterocycles. The predicted octanol–water partition coefficient (Wildman–Crippen LogP) is 6.91. The number of nitrogens with one attached hydrogen (secondary N) is 1. The van der Waals surface area contributed by atoms with E-state index < -0.39 is 5.91 Å². The van der Waals surface area contributed by atoms with Crippen molar-refractivity contribution in [2.75, 3.05) is 6.61 Å². The number of hydrazone groups is 1. The highest BCUT2D eigenvalue weighted by molar-refractivity contribution is 6.35. The van der Waals surface area contributed by atoms with Gasteiger partial charge in [0.25, 0.3) is 0 Å². The van der Waals surface area contributed by atoms with Gasteiger partial charge in [0.1, 0.15) is 11.3 Å². The van der Waals surface area contributed by atoms with Crippen LogP contribution in [0.15, 0.2) is 82.4 Å². The van der Waals surface area contributed by atoms with E-state index in [9.17, 15) is 4.79 Å². The maximum atomic E-state index is 12.6. The number of halogens is 2. The number of amides is 1. The molecule has 0 radical (unpaired) electrons. The molecule has 0 spiro atoms. The number of carbonyl (C=O) groups is 1. The van der Waals surface area contributed by atoms with Crippen molar-refractivity contribution in [2.45, 2.75) is 13.5 Å². The number of nitrogens with zero attached hydrogens (tertiary/aromatic N) is 2. The fourth-order valence-electron chi connectivity index (χ4n) is 3.95. The molecule has 0 aliphatic rings. The van der Waals surface area contributed by atoms with Gasteiger partial charge in [-0.05, 0) is 55.0 Å². The Bertz CT molecular complexity index is 1570. The molecular weight excluding hydrogens is 485 g/mol. The van der Waals surface area contributed by atoms with Crippen molar-refractivity contribution >= 4 is 57.2 Å². The highest BCUT2D eigenvalue weighted by atomic mass is 35.5. The second kappa shape index (κ2) is 9.86. The molecule has 3 aromatic carbocycles. The van der Waals surface area contributed by atoms with Crippen molar-refractivity contribution in [1.82, 2.24) is 9.99 Å². The minimum atomic E-state index is -0.438. The molecule has 0 unspecified atom stereocenters. The molecule has 0 saturated carbocycles. The average Bonchev–Trinajstić information content (AvgIpc) is 3.43. The van der Waals surface area contributed by atoms with Crippen LogP contribution in [0.5, 0.6) is 5.75 Å². The summed E-state index contributed by atoms with van der Waals surface area (Å²) in [5.41, 5.74) is 5.98. The maximum Gasteiger partial charge on any atom is 0.307 e. The van der Waals surface area contributed by atoms with Crippen molar-refractivity contribution in [3.8, 4) is 5.75 Å². The lowest BCUT2D eigenvalue weighted by Crippen LogP contribution is -2.16. The molecule has 0 fully saturated rings. The van der Waals surface area contributed by atoms with Gasteiger partial charge in [0.15, 0.2) is 5.76 Å². The number of benzene rings is 3. The third kappa shape index (κ3) is 4.90. The van der Waals surface area contributed by atoms with E-state index in [-0.39, 0.29) is 5.76 Å². The molecule has 0 saturated heterocycles. The summed E-state index contributed by atoms with van der Waals surface area (Å²) in [7, 11) is 0. The van der Waals surface area contributed by atoms with E-state index in [0.29, 0.717) is 28.8 Å².